The van der Waals surface area contributed by atoms with Gasteiger partial charge in [-0.05, 0) is 24.6 Å². The third kappa shape index (κ3) is 2.57. The molecule has 3 aliphatic rings. The molecule has 28 heavy (non-hydrogen) atoms. The van der Waals surface area contributed by atoms with Crippen LogP contribution in [0.2, 0.25) is 0 Å². The fraction of sp³-hybridized carbons (Fsp3) is 0.471. The van der Waals surface area contributed by atoms with E-state index in [-0.39, 0.29) is 18.7 Å². The molecule has 3 saturated heterocycles. The number of thioether (sulfide) groups is 1. The Morgan fingerprint density at radius 2 is 2.14 bits per heavy atom. The zero-order valence-electron chi connectivity index (χ0n) is 14.6. The van der Waals surface area contributed by atoms with E-state index in [1.165, 1.54) is 47.9 Å². The topological polar surface area (TPSA) is 136 Å². The normalized spacial score (nSPS) is 31.5. The molecule has 5 atom stereocenters. The second kappa shape index (κ2) is 6.45. The number of hydrogen-bond donors (Lipinski definition) is 1. The molecule has 0 spiro atoms. The number of esters is 2. The van der Waals surface area contributed by atoms with Crippen molar-refractivity contribution in [3.8, 4) is 0 Å². The van der Waals surface area contributed by atoms with Crippen molar-refractivity contribution in [3.63, 3.8) is 0 Å². The molecule has 1 aromatic carbocycles. The molecule has 0 aromatic heterocycles. The fourth-order valence-electron chi connectivity index (χ4n) is 3.75. The van der Waals surface area contributed by atoms with Gasteiger partial charge in [-0.2, -0.15) is 0 Å². The minimum absolute atomic E-state index is 0.0376. The summed E-state index contributed by atoms with van der Waals surface area (Å²) in [5.74, 6) is -2.59. The highest BCUT2D eigenvalue weighted by atomic mass is 32.2. The van der Waals surface area contributed by atoms with Gasteiger partial charge >= 0.3 is 11.9 Å². The van der Waals surface area contributed by atoms with Crippen LogP contribution < -0.4 is 0 Å². The number of aliphatic hydroxyl groups is 1. The van der Waals surface area contributed by atoms with Gasteiger partial charge in [-0.3, -0.25) is 24.6 Å². The average Bonchev–Trinajstić information content (AvgIpc) is 3.08. The van der Waals surface area contributed by atoms with E-state index >= 15 is 0 Å². The Bertz CT molecular complexity index is 872. The van der Waals surface area contributed by atoms with E-state index in [0.717, 1.165) is 0 Å². The van der Waals surface area contributed by atoms with Gasteiger partial charge in [-0.1, -0.05) is 0 Å². The van der Waals surface area contributed by atoms with Crippen LogP contribution in [0.4, 0.5) is 5.69 Å². The SMILES string of the molecule is CC(O)[C@H]1C(=O)N2[C@@H]1SC1CC(=O)OC12C(=O)OCc1ccc([N+](=O)[O-])cc1. The van der Waals surface area contributed by atoms with Crippen molar-refractivity contribution in [2.45, 2.75) is 42.4 Å². The number of ether oxygens (including phenoxy) is 2. The smallest absolute Gasteiger partial charge is 0.374 e. The van der Waals surface area contributed by atoms with Crippen LogP contribution >= 0.6 is 11.8 Å². The third-order valence-corrected chi connectivity index (χ3v) is 6.73. The number of fused-ring (bicyclic) bond motifs is 3. The maximum absolute atomic E-state index is 12.9. The van der Waals surface area contributed by atoms with Gasteiger partial charge in [0, 0.05) is 12.1 Å². The number of rotatable bonds is 5. The number of non-ortho nitro benzene ring substituents is 1. The molecule has 3 unspecified atom stereocenters. The Labute approximate surface area is 162 Å². The molecule has 148 valence electrons. The molecule has 3 fully saturated rings. The lowest BCUT2D eigenvalue weighted by Gasteiger charge is -2.48. The molecule has 3 heterocycles. The van der Waals surface area contributed by atoms with Crippen molar-refractivity contribution in [1.82, 2.24) is 4.90 Å². The first-order valence-corrected chi connectivity index (χ1v) is 9.49. The van der Waals surface area contributed by atoms with Crippen LogP contribution in [0.25, 0.3) is 0 Å². The lowest BCUT2D eigenvalue weighted by Crippen LogP contribution is -2.70. The standard InChI is InChI=1S/C17H16N2O8S/c1-8(20)13-14(22)18-15(13)28-11-6-12(21)27-17(11,18)16(23)26-7-9-2-4-10(5-3-9)19(24)25/h2-5,8,11,13,15,20H,6-7H2,1H3/t8?,11?,13-,15+,17?/m0/s1. The lowest BCUT2D eigenvalue weighted by molar-refractivity contribution is -0.384. The van der Waals surface area contributed by atoms with E-state index < -0.39 is 51.1 Å². The number of hydrogen-bond acceptors (Lipinski definition) is 9. The molecule has 4 rings (SSSR count). The second-order valence-electron chi connectivity index (χ2n) is 6.86. The molecule has 1 amide bonds. The Kier molecular flexibility index (Phi) is 4.31. The highest BCUT2D eigenvalue weighted by Gasteiger charge is 2.75. The van der Waals surface area contributed by atoms with Gasteiger partial charge in [0.05, 0.1) is 34.0 Å². The highest BCUT2D eigenvalue weighted by Crippen LogP contribution is 2.58. The maximum atomic E-state index is 12.9. The minimum atomic E-state index is -1.82. The van der Waals surface area contributed by atoms with Crippen molar-refractivity contribution < 1.29 is 33.9 Å². The molecular formula is C17H16N2O8S. The fourth-order valence-corrected chi connectivity index (χ4v) is 5.66. The first-order chi connectivity index (χ1) is 13.3. The third-order valence-electron chi connectivity index (χ3n) is 5.13. The number of nitrogens with zero attached hydrogens (tertiary/aromatic N) is 2. The van der Waals surface area contributed by atoms with E-state index in [2.05, 4.69) is 0 Å². The van der Waals surface area contributed by atoms with Crippen LogP contribution in [0.5, 0.6) is 0 Å². The quantitative estimate of drug-likeness (QED) is 0.321. The summed E-state index contributed by atoms with van der Waals surface area (Å²) in [5.41, 5.74) is -1.41. The van der Waals surface area contributed by atoms with Gasteiger partial charge in [0.1, 0.15) is 6.61 Å². The van der Waals surface area contributed by atoms with Crippen molar-refractivity contribution in [2.75, 3.05) is 0 Å². The highest BCUT2D eigenvalue weighted by molar-refractivity contribution is 8.01. The van der Waals surface area contributed by atoms with E-state index in [9.17, 15) is 29.6 Å². The summed E-state index contributed by atoms with van der Waals surface area (Å²) in [7, 11) is 0. The Morgan fingerprint density at radius 3 is 2.75 bits per heavy atom. The molecule has 0 aliphatic carbocycles. The Hall–Kier alpha value is -2.66. The van der Waals surface area contributed by atoms with Gasteiger partial charge in [0.25, 0.3) is 11.4 Å². The summed E-state index contributed by atoms with van der Waals surface area (Å²) in [6, 6.07) is 5.47. The van der Waals surface area contributed by atoms with Crippen molar-refractivity contribution in [3.05, 3.63) is 39.9 Å². The van der Waals surface area contributed by atoms with Gasteiger partial charge in [-0.15, -0.1) is 11.8 Å². The molecule has 0 saturated carbocycles. The molecule has 11 heteroatoms. The van der Waals surface area contributed by atoms with Gasteiger partial charge in [0.15, 0.2) is 0 Å². The number of β-lactam (4-membered cyclic amide) rings is 1. The zero-order valence-corrected chi connectivity index (χ0v) is 15.5. The Balaban J connectivity index is 1.52. The summed E-state index contributed by atoms with van der Waals surface area (Å²) in [5, 5.41) is 19.4. The van der Waals surface area contributed by atoms with E-state index in [4.69, 9.17) is 9.47 Å². The van der Waals surface area contributed by atoms with Crippen LogP contribution in [0.1, 0.15) is 18.9 Å². The van der Waals surface area contributed by atoms with Crippen molar-refractivity contribution in [2.24, 2.45) is 5.92 Å². The summed E-state index contributed by atoms with van der Waals surface area (Å²) in [6.45, 7) is 1.31. The second-order valence-corrected chi connectivity index (χ2v) is 8.19. The number of nitro groups is 1. The number of carbonyl (C=O) groups excluding carboxylic acids is 3. The van der Waals surface area contributed by atoms with Crippen LogP contribution in [-0.2, 0) is 30.5 Å². The summed E-state index contributed by atoms with van der Waals surface area (Å²) in [4.78, 5) is 48.6. The van der Waals surface area contributed by atoms with E-state index in [1.807, 2.05) is 0 Å². The van der Waals surface area contributed by atoms with Crippen LogP contribution in [0.15, 0.2) is 24.3 Å². The van der Waals surface area contributed by atoms with Crippen LogP contribution in [0, 0.1) is 16.0 Å². The molecule has 3 aliphatic heterocycles. The molecule has 1 aromatic rings. The summed E-state index contributed by atoms with van der Waals surface area (Å²) < 4.78 is 10.6. The first-order valence-electron chi connectivity index (χ1n) is 8.55. The van der Waals surface area contributed by atoms with Crippen molar-refractivity contribution >= 4 is 35.3 Å². The molecule has 10 nitrogen and oxygen atoms in total. The maximum Gasteiger partial charge on any atom is 0.374 e. The zero-order chi connectivity index (χ0) is 20.2. The summed E-state index contributed by atoms with van der Waals surface area (Å²) >= 11 is 1.25. The largest absolute Gasteiger partial charge is 0.456 e. The number of amides is 1. The molecule has 1 N–H and O–H groups in total. The Morgan fingerprint density at radius 1 is 1.46 bits per heavy atom. The predicted molar refractivity (Wildman–Crippen MR) is 93.5 cm³/mol. The monoisotopic (exact) mass is 408 g/mol. The van der Waals surface area contributed by atoms with Crippen LogP contribution in [0.3, 0.4) is 0 Å². The first kappa shape index (κ1) is 18.7. The number of benzene rings is 1. The predicted octanol–water partition coefficient (Wildman–Crippen LogP) is 0.562. The van der Waals surface area contributed by atoms with E-state index in [1.54, 1.807) is 0 Å². The number of aliphatic hydroxyl groups excluding tert-OH is 1. The van der Waals surface area contributed by atoms with E-state index in [0.29, 0.717) is 5.56 Å². The lowest BCUT2D eigenvalue weighted by atomic mass is 9.89. The van der Waals surface area contributed by atoms with Crippen molar-refractivity contribution in [1.29, 1.82) is 0 Å². The van der Waals surface area contributed by atoms with Gasteiger partial charge in [0.2, 0.25) is 5.91 Å². The minimum Gasteiger partial charge on any atom is -0.456 e. The van der Waals surface area contributed by atoms with Gasteiger partial charge < -0.3 is 14.6 Å². The van der Waals surface area contributed by atoms with Crippen LogP contribution in [-0.4, -0.2) is 55.2 Å². The number of nitro benzene ring substituents is 1. The average molecular weight is 408 g/mol. The molecule has 0 bridgehead atoms. The van der Waals surface area contributed by atoms with Gasteiger partial charge in [-0.25, -0.2) is 4.79 Å². The molecule has 0 radical (unpaired) electrons. The summed E-state index contributed by atoms with van der Waals surface area (Å²) in [6.07, 6.45) is -0.923. The number of carbonyl (C=O) groups is 3. The molecular weight excluding hydrogens is 392 g/mol.